The molecule has 0 saturated carbocycles. The van der Waals surface area contributed by atoms with Gasteiger partial charge in [-0.1, -0.05) is 0 Å². The summed E-state index contributed by atoms with van der Waals surface area (Å²) in [6, 6.07) is 1.67. The van der Waals surface area contributed by atoms with Gasteiger partial charge in [0.25, 0.3) is 0 Å². The Labute approximate surface area is 104 Å². The lowest BCUT2D eigenvalue weighted by molar-refractivity contribution is -0.141. The number of hydrogen-bond donors (Lipinski definition) is 0. The molecule has 1 fully saturated rings. The highest BCUT2D eigenvalue weighted by atomic mass is 16.5. The average molecular weight is 246 g/mol. The Morgan fingerprint density at radius 1 is 1.50 bits per heavy atom. The number of rotatable bonds is 2. The highest BCUT2D eigenvalue weighted by Crippen LogP contribution is 2.27. The van der Waals surface area contributed by atoms with E-state index in [0.29, 0.717) is 0 Å². The summed E-state index contributed by atoms with van der Waals surface area (Å²) in [5.74, 6) is 0.596. The van der Waals surface area contributed by atoms with Crippen LogP contribution in [0.3, 0.4) is 0 Å². The fraction of sp³-hybridized carbons (Fsp3) is 0.417. The standard InChI is InChI=1S/C12H14N4O2/c1-18-12(17)10-3-2-7-15(10)11-9-4-5-14-16(9)8-6-13-11/h4-6,8,10H,2-3,7H2,1H3. The summed E-state index contributed by atoms with van der Waals surface area (Å²) in [4.78, 5) is 18.1. The molecule has 0 radical (unpaired) electrons. The van der Waals surface area contributed by atoms with E-state index >= 15 is 0 Å². The number of carbonyl (C=O) groups excluding carboxylic acids is 1. The van der Waals surface area contributed by atoms with E-state index in [9.17, 15) is 4.79 Å². The van der Waals surface area contributed by atoms with Crippen LogP contribution in [0.25, 0.3) is 5.52 Å². The minimum atomic E-state index is -0.233. The lowest BCUT2D eigenvalue weighted by Crippen LogP contribution is -2.37. The molecule has 1 aliphatic rings. The van der Waals surface area contributed by atoms with Gasteiger partial charge in [-0.15, -0.1) is 0 Å². The van der Waals surface area contributed by atoms with Gasteiger partial charge in [0.2, 0.25) is 0 Å². The summed E-state index contributed by atoms with van der Waals surface area (Å²) in [7, 11) is 1.42. The van der Waals surface area contributed by atoms with Crippen molar-refractivity contribution in [1.29, 1.82) is 0 Å². The van der Waals surface area contributed by atoms with Crippen LogP contribution in [0.15, 0.2) is 24.7 Å². The number of anilines is 1. The molecular formula is C12H14N4O2. The average Bonchev–Trinajstić information content (AvgIpc) is 3.05. The van der Waals surface area contributed by atoms with Gasteiger partial charge >= 0.3 is 5.97 Å². The molecule has 0 spiro atoms. The third kappa shape index (κ3) is 1.61. The number of methoxy groups -OCH3 is 1. The number of ether oxygens (including phenoxy) is 1. The SMILES string of the molecule is COC(=O)C1CCCN1c1nccn2nccc12. The number of nitrogens with zero attached hydrogens (tertiary/aromatic N) is 4. The van der Waals surface area contributed by atoms with Gasteiger partial charge in [-0.3, -0.25) is 0 Å². The highest BCUT2D eigenvalue weighted by Gasteiger charge is 2.33. The Bertz CT molecular complexity index is 580. The molecule has 0 aromatic carbocycles. The van der Waals surface area contributed by atoms with Gasteiger partial charge in [0.1, 0.15) is 11.6 Å². The largest absolute Gasteiger partial charge is 0.467 e. The fourth-order valence-electron chi connectivity index (χ4n) is 2.47. The maximum atomic E-state index is 11.8. The smallest absolute Gasteiger partial charge is 0.328 e. The van der Waals surface area contributed by atoms with E-state index in [1.165, 1.54) is 7.11 Å². The summed E-state index contributed by atoms with van der Waals surface area (Å²) >= 11 is 0. The van der Waals surface area contributed by atoms with Crippen LogP contribution < -0.4 is 4.90 Å². The summed E-state index contributed by atoms with van der Waals surface area (Å²) in [5, 5.41) is 4.17. The van der Waals surface area contributed by atoms with E-state index in [2.05, 4.69) is 10.1 Å². The quantitative estimate of drug-likeness (QED) is 0.736. The van der Waals surface area contributed by atoms with Crippen LogP contribution in [0, 0.1) is 0 Å². The molecule has 1 saturated heterocycles. The zero-order valence-corrected chi connectivity index (χ0v) is 10.1. The van der Waals surface area contributed by atoms with E-state index in [-0.39, 0.29) is 12.0 Å². The maximum Gasteiger partial charge on any atom is 0.328 e. The Morgan fingerprint density at radius 3 is 3.22 bits per heavy atom. The predicted octanol–water partition coefficient (Wildman–Crippen LogP) is 0.871. The van der Waals surface area contributed by atoms with Crippen LogP contribution in [0.5, 0.6) is 0 Å². The first-order valence-corrected chi connectivity index (χ1v) is 5.94. The van der Waals surface area contributed by atoms with Crippen molar-refractivity contribution in [2.24, 2.45) is 0 Å². The fourth-order valence-corrected chi connectivity index (χ4v) is 2.47. The van der Waals surface area contributed by atoms with E-state index in [0.717, 1.165) is 30.7 Å². The third-order valence-corrected chi connectivity index (χ3v) is 3.30. The van der Waals surface area contributed by atoms with Crippen LogP contribution in [0.4, 0.5) is 5.82 Å². The summed E-state index contributed by atoms with van der Waals surface area (Å²) in [6.07, 6.45) is 6.99. The molecule has 3 heterocycles. The van der Waals surface area contributed by atoms with Crippen LogP contribution in [-0.2, 0) is 9.53 Å². The first-order chi connectivity index (χ1) is 8.81. The minimum absolute atomic E-state index is 0.198. The van der Waals surface area contributed by atoms with Gasteiger partial charge in [0, 0.05) is 18.9 Å². The first-order valence-electron chi connectivity index (χ1n) is 5.94. The van der Waals surface area contributed by atoms with Crippen molar-refractivity contribution >= 4 is 17.3 Å². The zero-order chi connectivity index (χ0) is 12.5. The molecule has 2 aromatic heterocycles. The van der Waals surface area contributed by atoms with Crippen LogP contribution in [-0.4, -0.2) is 40.3 Å². The van der Waals surface area contributed by atoms with E-state index in [1.807, 2.05) is 11.0 Å². The van der Waals surface area contributed by atoms with Crippen molar-refractivity contribution in [3.05, 3.63) is 24.7 Å². The topological polar surface area (TPSA) is 59.7 Å². The Hall–Kier alpha value is -2.11. The molecule has 2 aromatic rings. The van der Waals surface area contributed by atoms with E-state index in [1.54, 1.807) is 23.1 Å². The zero-order valence-electron chi connectivity index (χ0n) is 10.1. The maximum absolute atomic E-state index is 11.8. The van der Waals surface area contributed by atoms with Crippen molar-refractivity contribution in [2.45, 2.75) is 18.9 Å². The molecule has 6 heteroatoms. The second kappa shape index (κ2) is 4.29. The number of fused-ring (bicyclic) bond motifs is 1. The van der Waals surface area contributed by atoms with Gasteiger partial charge in [0.15, 0.2) is 5.82 Å². The van der Waals surface area contributed by atoms with Crippen LogP contribution >= 0.6 is 0 Å². The van der Waals surface area contributed by atoms with Gasteiger partial charge in [-0.25, -0.2) is 14.3 Å². The second-order valence-electron chi connectivity index (χ2n) is 4.29. The molecule has 3 rings (SSSR count). The van der Waals surface area contributed by atoms with Crippen LogP contribution in [0.1, 0.15) is 12.8 Å². The Kier molecular flexibility index (Phi) is 2.62. The van der Waals surface area contributed by atoms with Gasteiger partial charge in [-0.05, 0) is 18.9 Å². The summed E-state index contributed by atoms with van der Waals surface area (Å²) < 4.78 is 6.61. The molecule has 1 atom stereocenters. The lowest BCUT2D eigenvalue weighted by Gasteiger charge is -2.23. The molecule has 1 unspecified atom stereocenters. The third-order valence-electron chi connectivity index (χ3n) is 3.30. The molecule has 94 valence electrons. The van der Waals surface area contributed by atoms with E-state index < -0.39 is 0 Å². The molecule has 6 nitrogen and oxygen atoms in total. The molecule has 1 aliphatic heterocycles. The Morgan fingerprint density at radius 2 is 2.39 bits per heavy atom. The van der Waals surface area contributed by atoms with Gasteiger partial charge in [0.05, 0.1) is 13.3 Å². The van der Waals surface area contributed by atoms with Crippen LogP contribution in [0.2, 0.25) is 0 Å². The molecule has 0 N–H and O–H groups in total. The van der Waals surface area contributed by atoms with Crippen molar-refractivity contribution in [3.8, 4) is 0 Å². The summed E-state index contributed by atoms with van der Waals surface area (Å²) in [6.45, 7) is 0.817. The molecule has 0 amide bonds. The number of aromatic nitrogens is 3. The number of esters is 1. The normalized spacial score (nSPS) is 19.4. The predicted molar refractivity (Wildman–Crippen MR) is 65.4 cm³/mol. The molecule has 0 aliphatic carbocycles. The van der Waals surface area contributed by atoms with Gasteiger partial charge in [-0.2, -0.15) is 5.10 Å². The number of hydrogen-bond acceptors (Lipinski definition) is 5. The highest BCUT2D eigenvalue weighted by molar-refractivity contribution is 5.83. The molecule has 0 bridgehead atoms. The van der Waals surface area contributed by atoms with Crippen molar-refractivity contribution < 1.29 is 9.53 Å². The molecular weight excluding hydrogens is 232 g/mol. The number of carbonyl (C=O) groups is 1. The minimum Gasteiger partial charge on any atom is -0.467 e. The Balaban J connectivity index is 2.03. The van der Waals surface area contributed by atoms with E-state index in [4.69, 9.17) is 4.74 Å². The van der Waals surface area contributed by atoms with Crippen molar-refractivity contribution in [2.75, 3.05) is 18.6 Å². The second-order valence-corrected chi connectivity index (χ2v) is 4.29. The first kappa shape index (κ1) is 11.0. The summed E-state index contributed by atoms with van der Waals surface area (Å²) in [5.41, 5.74) is 0.910. The monoisotopic (exact) mass is 246 g/mol. The lowest BCUT2D eigenvalue weighted by atomic mass is 10.2. The van der Waals surface area contributed by atoms with Crippen molar-refractivity contribution in [1.82, 2.24) is 14.6 Å². The molecule has 18 heavy (non-hydrogen) atoms. The van der Waals surface area contributed by atoms with Crippen molar-refractivity contribution in [3.63, 3.8) is 0 Å². The van der Waals surface area contributed by atoms with Gasteiger partial charge < -0.3 is 9.64 Å².